The number of anilines is 1. The molecule has 2 atom stereocenters. The van der Waals surface area contributed by atoms with Gasteiger partial charge in [-0.05, 0) is 32.4 Å². The van der Waals surface area contributed by atoms with E-state index in [-0.39, 0.29) is 12.1 Å². The molecule has 2 heterocycles. The quantitative estimate of drug-likeness (QED) is 0.848. The largest absolute Gasteiger partial charge is 0.377 e. The standard InChI is InChI=1S/C13H21N3O/c1-10-9-16(6-3-7-17-10)12-4-5-13(11(2)14)15-8-12/h4-5,8,10-11H,3,6-7,9,14H2,1-2H3. The minimum absolute atomic E-state index is 0.00422. The molecular formula is C13H21N3O. The third-order valence-corrected chi connectivity index (χ3v) is 3.05. The zero-order chi connectivity index (χ0) is 12.3. The Hall–Kier alpha value is -1.13. The average Bonchev–Trinajstić information content (AvgIpc) is 2.54. The predicted molar refractivity (Wildman–Crippen MR) is 69.1 cm³/mol. The molecule has 0 aromatic carbocycles. The fourth-order valence-corrected chi connectivity index (χ4v) is 2.08. The van der Waals surface area contributed by atoms with Gasteiger partial charge in [0.2, 0.25) is 0 Å². The van der Waals surface area contributed by atoms with Crippen LogP contribution >= 0.6 is 0 Å². The van der Waals surface area contributed by atoms with E-state index in [2.05, 4.69) is 22.9 Å². The Morgan fingerprint density at radius 1 is 1.53 bits per heavy atom. The van der Waals surface area contributed by atoms with Gasteiger partial charge in [-0.15, -0.1) is 0 Å². The number of ether oxygens (including phenoxy) is 1. The van der Waals surface area contributed by atoms with E-state index in [0.29, 0.717) is 0 Å². The number of aromatic nitrogens is 1. The smallest absolute Gasteiger partial charge is 0.0721 e. The van der Waals surface area contributed by atoms with Crippen molar-refractivity contribution >= 4 is 5.69 Å². The van der Waals surface area contributed by atoms with Crippen molar-refractivity contribution in [1.29, 1.82) is 0 Å². The summed E-state index contributed by atoms with van der Waals surface area (Å²) in [6.45, 7) is 6.87. The third kappa shape index (κ3) is 3.17. The lowest BCUT2D eigenvalue weighted by Gasteiger charge is -2.24. The molecule has 1 aromatic rings. The summed E-state index contributed by atoms with van der Waals surface area (Å²) in [7, 11) is 0. The molecule has 0 spiro atoms. The minimum atomic E-state index is -0.00422. The van der Waals surface area contributed by atoms with Crippen LogP contribution in [0.5, 0.6) is 0 Å². The van der Waals surface area contributed by atoms with Gasteiger partial charge in [-0.2, -0.15) is 0 Å². The van der Waals surface area contributed by atoms with Gasteiger partial charge in [0.15, 0.2) is 0 Å². The zero-order valence-corrected chi connectivity index (χ0v) is 10.6. The summed E-state index contributed by atoms with van der Waals surface area (Å²) in [5.41, 5.74) is 7.89. The Kier molecular flexibility index (Phi) is 3.97. The van der Waals surface area contributed by atoms with Crippen LogP contribution in [0, 0.1) is 0 Å². The molecule has 2 N–H and O–H groups in total. The van der Waals surface area contributed by atoms with E-state index in [1.807, 2.05) is 19.2 Å². The van der Waals surface area contributed by atoms with Gasteiger partial charge >= 0.3 is 0 Å². The van der Waals surface area contributed by atoms with Crippen molar-refractivity contribution in [3.63, 3.8) is 0 Å². The Morgan fingerprint density at radius 3 is 3.00 bits per heavy atom. The summed E-state index contributed by atoms with van der Waals surface area (Å²) in [5.74, 6) is 0. The molecule has 94 valence electrons. The molecule has 1 saturated heterocycles. The maximum absolute atomic E-state index is 5.79. The van der Waals surface area contributed by atoms with E-state index in [0.717, 1.165) is 37.5 Å². The van der Waals surface area contributed by atoms with Crippen LogP contribution in [0.1, 0.15) is 32.0 Å². The monoisotopic (exact) mass is 235 g/mol. The first-order valence-electron chi connectivity index (χ1n) is 6.25. The lowest BCUT2D eigenvalue weighted by Crippen LogP contribution is -2.30. The summed E-state index contributed by atoms with van der Waals surface area (Å²) in [6.07, 6.45) is 3.27. The second kappa shape index (κ2) is 5.47. The number of hydrogen-bond donors (Lipinski definition) is 1. The van der Waals surface area contributed by atoms with Gasteiger partial charge < -0.3 is 15.4 Å². The Morgan fingerprint density at radius 2 is 2.35 bits per heavy atom. The van der Waals surface area contributed by atoms with E-state index >= 15 is 0 Å². The molecule has 1 aromatic heterocycles. The van der Waals surface area contributed by atoms with E-state index in [4.69, 9.17) is 10.5 Å². The molecule has 1 aliphatic rings. The van der Waals surface area contributed by atoms with E-state index in [1.54, 1.807) is 0 Å². The number of pyridine rings is 1. The molecule has 0 amide bonds. The highest BCUT2D eigenvalue weighted by molar-refractivity contribution is 5.45. The Labute approximate surface area is 103 Å². The SMILES string of the molecule is CC1CN(c2ccc(C(C)N)nc2)CCCO1. The van der Waals surface area contributed by atoms with Crippen LogP contribution in [-0.4, -0.2) is 30.8 Å². The van der Waals surface area contributed by atoms with Crippen LogP contribution in [0.15, 0.2) is 18.3 Å². The highest BCUT2D eigenvalue weighted by Gasteiger charge is 2.15. The van der Waals surface area contributed by atoms with Crippen molar-refractivity contribution in [2.24, 2.45) is 5.73 Å². The van der Waals surface area contributed by atoms with Crippen molar-refractivity contribution in [3.8, 4) is 0 Å². The van der Waals surface area contributed by atoms with Gasteiger partial charge in [-0.25, -0.2) is 0 Å². The molecule has 0 bridgehead atoms. The molecule has 4 heteroatoms. The zero-order valence-electron chi connectivity index (χ0n) is 10.6. The molecule has 2 unspecified atom stereocenters. The summed E-state index contributed by atoms with van der Waals surface area (Å²) >= 11 is 0. The van der Waals surface area contributed by atoms with Crippen LogP contribution in [0.3, 0.4) is 0 Å². The second-order valence-corrected chi connectivity index (χ2v) is 4.71. The van der Waals surface area contributed by atoms with Crippen molar-refractivity contribution in [2.75, 3.05) is 24.6 Å². The van der Waals surface area contributed by atoms with Crippen LogP contribution in [-0.2, 0) is 4.74 Å². The third-order valence-electron chi connectivity index (χ3n) is 3.05. The first-order valence-corrected chi connectivity index (χ1v) is 6.25. The summed E-state index contributed by atoms with van der Waals surface area (Å²) in [5, 5.41) is 0. The lowest BCUT2D eigenvalue weighted by molar-refractivity contribution is 0.0821. The maximum Gasteiger partial charge on any atom is 0.0721 e. The second-order valence-electron chi connectivity index (χ2n) is 4.71. The summed E-state index contributed by atoms with van der Waals surface area (Å²) in [6, 6.07) is 4.11. The highest BCUT2D eigenvalue weighted by Crippen LogP contribution is 2.18. The molecule has 2 rings (SSSR count). The normalized spacial score (nSPS) is 23.2. The summed E-state index contributed by atoms with van der Waals surface area (Å²) < 4.78 is 5.63. The molecule has 0 aliphatic carbocycles. The Bertz CT molecular complexity index is 350. The first-order chi connectivity index (χ1) is 8.16. The van der Waals surface area contributed by atoms with Gasteiger partial charge in [0, 0.05) is 25.7 Å². The van der Waals surface area contributed by atoms with Crippen molar-refractivity contribution in [3.05, 3.63) is 24.0 Å². The number of nitrogens with zero attached hydrogens (tertiary/aromatic N) is 2. The molecule has 0 radical (unpaired) electrons. The van der Waals surface area contributed by atoms with Crippen LogP contribution in [0.25, 0.3) is 0 Å². The predicted octanol–water partition coefficient (Wildman–Crippen LogP) is 1.72. The van der Waals surface area contributed by atoms with Crippen molar-refractivity contribution < 1.29 is 4.74 Å². The molecule has 17 heavy (non-hydrogen) atoms. The van der Waals surface area contributed by atoms with Gasteiger partial charge in [0.25, 0.3) is 0 Å². The van der Waals surface area contributed by atoms with Crippen LogP contribution < -0.4 is 10.6 Å². The molecule has 4 nitrogen and oxygen atoms in total. The van der Waals surface area contributed by atoms with Crippen LogP contribution in [0.2, 0.25) is 0 Å². The van der Waals surface area contributed by atoms with Gasteiger partial charge in [0.1, 0.15) is 0 Å². The molecule has 0 saturated carbocycles. The Balaban J connectivity index is 2.10. The first kappa shape index (κ1) is 12.3. The fraction of sp³-hybridized carbons (Fsp3) is 0.615. The topological polar surface area (TPSA) is 51.4 Å². The van der Waals surface area contributed by atoms with Gasteiger partial charge in [0.05, 0.1) is 23.7 Å². The molecule has 1 aliphatic heterocycles. The number of rotatable bonds is 2. The maximum atomic E-state index is 5.79. The fourth-order valence-electron chi connectivity index (χ4n) is 2.08. The van der Waals surface area contributed by atoms with Gasteiger partial charge in [-0.1, -0.05) is 0 Å². The van der Waals surface area contributed by atoms with Crippen molar-refractivity contribution in [1.82, 2.24) is 4.98 Å². The van der Waals surface area contributed by atoms with Crippen LogP contribution in [0.4, 0.5) is 5.69 Å². The molecular weight excluding hydrogens is 214 g/mol. The lowest BCUT2D eigenvalue weighted by atomic mass is 10.2. The minimum Gasteiger partial charge on any atom is -0.377 e. The van der Waals surface area contributed by atoms with E-state index < -0.39 is 0 Å². The van der Waals surface area contributed by atoms with E-state index in [9.17, 15) is 0 Å². The summed E-state index contributed by atoms with van der Waals surface area (Å²) in [4.78, 5) is 6.73. The average molecular weight is 235 g/mol. The number of hydrogen-bond acceptors (Lipinski definition) is 4. The van der Waals surface area contributed by atoms with Gasteiger partial charge in [-0.3, -0.25) is 4.98 Å². The van der Waals surface area contributed by atoms with E-state index in [1.165, 1.54) is 0 Å². The highest BCUT2D eigenvalue weighted by atomic mass is 16.5. The number of nitrogens with two attached hydrogens (primary N) is 1. The molecule has 1 fully saturated rings. The van der Waals surface area contributed by atoms with Crippen molar-refractivity contribution in [2.45, 2.75) is 32.4 Å².